The number of nitrogens with one attached hydrogen (secondary N) is 1. The minimum absolute atomic E-state index is 0.0105. The Balaban J connectivity index is 2.94. The van der Waals surface area contributed by atoms with Crippen LogP contribution in [0.1, 0.15) is 6.92 Å². The molecule has 1 amide bonds. The Bertz CT molecular complexity index is 459. The second-order valence-electron chi connectivity index (χ2n) is 3.46. The van der Waals surface area contributed by atoms with Gasteiger partial charge in [0, 0.05) is 0 Å². The maximum absolute atomic E-state index is 12.7. The van der Waals surface area contributed by atoms with Crippen molar-refractivity contribution in [3.8, 4) is 5.75 Å². The standard InChI is InChI=1S/C11H10F5NO2/c1-2-19-8-6-4-3-5-7(8)17-9(18)10(12,13)11(14,15)16/h3-6H,2H2,1H3,(H,17,18). The summed E-state index contributed by atoms with van der Waals surface area (Å²) in [5, 5.41) is 1.51. The molecule has 0 aliphatic rings. The van der Waals surface area contributed by atoms with Crippen molar-refractivity contribution in [2.75, 3.05) is 11.9 Å². The van der Waals surface area contributed by atoms with E-state index in [2.05, 4.69) is 0 Å². The SMILES string of the molecule is CCOc1ccccc1NC(=O)C(F)(F)C(F)(F)F. The van der Waals surface area contributed by atoms with Crippen molar-refractivity contribution in [1.29, 1.82) is 0 Å². The summed E-state index contributed by atoms with van der Waals surface area (Å²) >= 11 is 0. The van der Waals surface area contributed by atoms with Crippen LogP contribution in [0.25, 0.3) is 0 Å². The number of rotatable bonds is 4. The van der Waals surface area contributed by atoms with Crippen LogP contribution in [0.3, 0.4) is 0 Å². The number of carbonyl (C=O) groups excluding carboxylic acids is 1. The van der Waals surface area contributed by atoms with Gasteiger partial charge in [0.2, 0.25) is 0 Å². The maximum Gasteiger partial charge on any atom is 0.463 e. The van der Waals surface area contributed by atoms with Crippen LogP contribution >= 0.6 is 0 Å². The topological polar surface area (TPSA) is 38.3 Å². The Kier molecular flexibility index (Phi) is 4.33. The lowest BCUT2D eigenvalue weighted by molar-refractivity contribution is -0.267. The first-order valence-corrected chi connectivity index (χ1v) is 5.18. The van der Waals surface area contributed by atoms with Crippen molar-refractivity contribution in [2.45, 2.75) is 19.0 Å². The van der Waals surface area contributed by atoms with Crippen molar-refractivity contribution in [2.24, 2.45) is 0 Å². The highest BCUT2D eigenvalue weighted by Gasteiger charge is 2.63. The molecule has 1 rings (SSSR count). The van der Waals surface area contributed by atoms with Gasteiger partial charge in [-0.1, -0.05) is 12.1 Å². The van der Waals surface area contributed by atoms with Crippen molar-refractivity contribution >= 4 is 11.6 Å². The van der Waals surface area contributed by atoms with Gasteiger partial charge >= 0.3 is 18.0 Å². The minimum Gasteiger partial charge on any atom is -0.492 e. The van der Waals surface area contributed by atoms with E-state index in [0.29, 0.717) is 0 Å². The monoisotopic (exact) mass is 283 g/mol. The molecule has 0 saturated carbocycles. The summed E-state index contributed by atoms with van der Waals surface area (Å²) in [7, 11) is 0. The van der Waals surface area contributed by atoms with E-state index in [9.17, 15) is 26.7 Å². The molecule has 0 fully saturated rings. The van der Waals surface area contributed by atoms with Gasteiger partial charge in [-0.25, -0.2) is 0 Å². The summed E-state index contributed by atoms with van der Waals surface area (Å²) < 4.78 is 66.5. The second kappa shape index (κ2) is 5.41. The number of anilines is 1. The van der Waals surface area contributed by atoms with Crippen molar-refractivity contribution in [3.05, 3.63) is 24.3 Å². The van der Waals surface area contributed by atoms with Gasteiger partial charge in [0.1, 0.15) is 5.75 Å². The number of halogens is 5. The average Bonchev–Trinajstić information content (AvgIpc) is 2.30. The third-order valence-electron chi connectivity index (χ3n) is 2.08. The second-order valence-corrected chi connectivity index (χ2v) is 3.46. The van der Waals surface area contributed by atoms with Gasteiger partial charge in [-0.05, 0) is 19.1 Å². The molecule has 0 heterocycles. The fraction of sp³-hybridized carbons (Fsp3) is 0.364. The van der Waals surface area contributed by atoms with Crippen LogP contribution < -0.4 is 10.1 Å². The number of ether oxygens (including phenoxy) is 1. The molecule has 0 saturated heterocycles. The molecular weight excluding hydrogens is 273 g/mol. The minimum atomic E-state index is -5.95. The molecule has 0 aliphatic carbocycles. The Labute approximate surface area is 105 Å². The first kappa shape index (κ1) is 15.2. The number of hydrogen-bond acceptors (Lipinski definition) is 2. The van der Waals surface area contributed by atoms with Crippen molar-refractivity contribution in [3.63, 3.8) is 0 Å². The molecule has 106 valence electrons. The maximum atomic E-state index is 12.7. The van der Waals surface area contributed by atoms with Crippen LogP contribution in [0.2, 0.25) is 0 Å². The molecular formula is C11H10F5NO2. The van der Waals surface area contributed by atoms with Crippen LogP contribution in [0.5, 0.6) is 5.75 Å². The molecule has 8 heteroatoms. The first-order chi connectivity index (χ1) is 8.70. The summed E-state index contributed by atoms with van der Waals surface area (Å²) in [4.78, 5) is 11.0. The van der Waals surface area contributed by atoms with Gasteiger partial charge in [-0.15, -0.1) is 0 Å². The Morgan fingerprint density at radius 1 is 1.21 bits per heavy atom. The average molecular weight is 283 g/mol. The van der Waals surface area contributed by atoms with Crippen LogP contribution in [0.15, 0.2) is 24.3 Å². The predicted molar refractivity (Wildman–Crippen MR) is 57.2 cm³/mol. The predicted octanol–water partition coefficient (Wildman–Crippen LogP) is 3.22. The van der Waals surface area contributed by atoms with Crippen LogP contribution in [-0.2, 0) is 4.79 Å². The molecule has 3 nitrogen and oxygen atoms in total. The smallest absolute Gasteiger partial charge is 0.463 e. The lowest BCUT2D eigenvalue weighted by Crippen LogP contribution is -2.47. The van der Waals surface area contributed by atoms with E-state index in [4.69, 9.17) is 4.74 Å². The quantitative estimate of drug-likeness (QED) is 0.862. The van der Waals surface area contributed by atoms with Gasteiger partial charge in [0.05, 0.1) is 12.3 Å². The largest absolute Gasteiger partial charge is 0.492 e. The lowest BCUT2D eigenvalue weighted by Gasteiger charge is -2.19. The molecule has 0 atom stereocenters. The zero-order valence-corrected chi connectivity index (χ0v) is 9.72. The van der Waals surface area contributed by atoms with Crippen molar-refractivity contribution < 1.29 is 31.5 Å². The number of para-hydroxylation sites is 2. The number of hydrogen-bond donors (Lipinski definition) is 1. The number of benzene rings is 1. The lowest BCUT2D eigenvalue weighted by atomic mass is 10.2. The first-order valence-electron chi connectivity index (χ1n) is 5.18. The Morgan fingerprint density at radius 3 is 2.32 bits per heavy atom. The van der Waals surface area contributed by atoms with Gasteiger partial charge < -0.3 is 10.1 Å². The van der Waals surface area contributed by atoms with E-state index in [1.807, 2.05) is 0 Å². The van der Waals surface area contributed by atoms with Crippen LogP contribution in [0.4, 0.5) is 27.6 Å². The molecule has 0 aliphatic heterocycles. The molecule has 1 aromatic rings. The Hall–Kier alpha value is -1.86. The molecule has 0 unspecified atom stereocenters. The molecule has 19 heavy (non-hydrogen) atoms. The number of alkyl halides is 5. The normalized spacial score (nSPS) is 12.1. The zero-order chi connectivity index (χ0) is 14.7. The fourth-order valence-corrected chi connectivity index (χ4v) is 1.18. The molecule has 1 aromatic carbocycles. The highest BCUT2D eigenvalue weighted by Crippen LogP contribution is 2.37. The van der Waals surface area contributed by atoms with Crippen LogP contribution in [-0.4, -0.2) is 24.6 Å². The van der Waals surface area contributed by atoms with Gasteiger partial charge in [0.25, 0.3) is 0 Å². The fourth-order valence-electron chi connectivity index (χ4n) is 1.18. The van der Waals surface area contributed by atoms with Gasteiger partial charge in [-0.3, -0.25) is 4.79 Å². The van der Waals surface area contributed by atoms with E-state index in [-0.39, 0.29) is 18.0 Å². The summed E-state index contributed by atoms with van der Waals surface area (Å²) in [5.41, 5.74) is -0.252. The summed E-state index contributed by atoms with van der Waals surface area (Å²) in [6.45, 7) is 1.77. The van der Waals surface area contributed by atoms with Gasteiger partial charge in [0.15, 0.2) is 0 Å². The number of amides is 1. The molecule has 0 radical (unpaired) electrons. The van der Waals surface area contributed by atoms with E-state index in [1.54, 1.807) is 6.92 Å². The molecule has 0 bridgehead atoms. The molecule has 1 N–H and O–H groups in total. The number of carbonyl (C=O) groups is 1. The highest BCUT2D eigenvalue weighted by atomic mass is 19.4. The molecule has 0 aromatic heterocycles. The zero-order valence-electron chi connectivity index (χ0n) is 9.72. The summed E-state index contributed by atoms with van der Waals surface area (Å²) in [5.74, 6) is -7.91. The summed E-state index contributed by atoms with van der Waals surface area (Å²) in [6.07, 6.45) is -5.95. The van der Waals surface area contributed by atoms with E-state index in [0.717, 1.165) is 6.07 Å². The third kappa shape index (κ3) is 3.33. The van der Waals surface area contributed by atoms with E-state index in [1.165, 1.54) is 23.5 Å². The Morgan fingerprint density at radius 2 is 1.79 bits per heavy atom. The third-order valence-corrected chi connectivity index (χ3v) is 2.08. The van der Waals surface area contributed by atoms with Crippen molar-refractivity contribution in [1.82, 2.24) is 0 Å². The van der Waals surface area contributed by atoms with Gasteiger partial charge in [-0.2, -0.15) is 22.0 Å². The highest BCUT2D eigenvalue weighted by molar-refractivity contribution is 5.97. The van der Waals surface area contributed by atoms with E-state index < -0.39 is 18.0 Å². The molecule has 0 spiro atoms. The van der Waals surface area contributed by atoms with E-state index >= 15 is 0 Å². The van der Waals surface area contributed by atoms with Crippen LogP contribution in [0, 0.1) is 0 Å². The summed E-state index contributed by atoms with van der Waals surface area (Å²) in [6, 6.07) is 5.35.